The highest BCUT2D eigenvalue weighted by molar-refractivity contribution is 7.15. The van der Waals surface area contributed by atoms with Crippen molar-refractivity contribution >= 4 is 22.1 Å². The maximum absolute atomic E-state index is 11.4. The van der Waals surface area contributed by atoms with Crippen molar-refractivity contribution in [3.05, 3.63) is 23.0 Å². The van der Waals surface area contributed by atoms with Crippen LogP contribution in [0, 0.1) is 6.92 Å². The highest BCUT2D eigenvalue weighted by Gasteiger charge is 2.12. The van der Waals surface area contributed by atoms with Gasteiger partial charge in [-0.3, -0.25) is 9.20 Å². The van der Waals surface area contributed by atoms with Crippen molar-refractivity contribution in [3.8, 4) is 0 Å². The summed E-state index contributed by atoms with van der Waals surface area (Å²) in [5.74, 6) is -0.0750. The number of ketones is 1. The number of Topliss-reactive ketones (excluding diaryl/α,β-unsaturated/α-hetero) is 1. The fourth-order valence-electron chi connectivity index (χ4n) is 1.25. The van der Waals surface area contributed by atoms with Crippen LogP contribution in [0.15, 0.2) is 11.6 Å². The number of nitrogens with two attached hydrogens (primary N) is 1. The molecular formula is C8H9N3OS. The quantitative estimate of drug-likeness (QED) is 0.722. The molecule has 2 aromatic heterocycles. The minimum atomic E-state index is -0.0750. The second-order valence-corrected chi connectivity index (χ2v) is 3.60. The van der Waals surface area contributed by atoms with Gasteiger partial charge in [0.15, 0.2) is 10.7 Å². The molecule has 0 bridgehead atoms. The molecule has 0 unspecified atom stereocenters. The Morgan fingerprint density at radius 2 is 2.54 bits per heavy atom. The van der Waals surface area contributed by atoms with Gasteiger partial charge in [-0.2, -0.15) is 0 Å². The van der Waals surface area contributed by atoms with E-state index in [4.69, 9.17) is 5.73 Å². The molecule has 0 aliphatic carbocycles. The maximum atomic E-state index is 11.4. The molecule has 68 valence electrons. The van der Waals surface area contributed by atoms with Crippen LogP contribution in [0.2, 0.25) is 0 Å². The highest BCUT2D eigenvalue weighted by Crippen LogP contribution is 2.17. The SMILES string of the molecule is Cc1csc2ncc(C(=O)CN)n12. The number of aryl methyl sites for hydroxylation is 1. The molecule has 4 nitrogen and oxygen atoms in total. The van der Waals surface area contributed by atoms with Crippen molar-refractivity contribution in [2.45, 2.75) is 6.92 Å². The van der Waals surface area contributed by atoms with Crippen molar-refractivity contribution in [3.63, 3.8) is 0 Å². The maximum Gasteiger partial charge on any atom is 0.194 e. The zero-order valence-corrected chi connectivity index (χ0v) is 7.97. The Labute approximate surface area is 79.0 Å². The third kappa shape index (κ3) is 1.16. The Kier molecular flexibility index (Phi) is 1.90. The summed E-state index contributed by atoms with van der Waals surface area (Å²) in [4.78, 5) is 16.3. The first-order valence-corrected chi connectivity index (χ1v) is 4.77. The molecule has 2 heterocycles. The Morgan fingerprint density at radius 3 is 3.23 bits per heavy atom. The average Bonchev–Trinajstić information content (AvgIpc) is 2.68. The molecule has 0 saturated carbocycles. The Bertz CT molecular complexity index is 457. The first-order valence-electron chi connectivity index (χ1n) is 3.89. The molecule has 0 aliphatic rings. The van der Waals surface area contributed by atoms with E-state index in [-0.39, 0.29) is 12.3 Å². The summed E-state index contributed by atoms with van der Waals surface area (Å²) < 4.78 is 1.83. The van der Waals surface area contributed by atoms with Gasteiger partial charge in [0, 0.05) is 11.1 Å². The zero-order valence-electron chi connectivity index (χ0n) is 7.15. The van der Waals surface area contributed by atoms with Crippen LogP contribution in [0.25, 0.3) is 4.96 Å². The molecule has 0 fully saturated rings. The highest BCUT2D eigenvalue weighted by atomic mass is 32.1. The summed E-state index contributed by atoms with van der Waals surface area (Å²) >= 11 is 1.52. The molecule has 0 aliphatic heterocycles. The Hall–Kier alpha value is -1.20. The van der Waals surface area contributed by atoms with Gasteiger partial charge in [0.25, 0.3) is 0 Å². The van der Waals surface area contributed by atoms with Gasteiger partial charge in [-0.05, 0) is 6.92 Å². The standard InChI is InChI=1S/C8H9N3OS/c1-5-4-13-8-10-3-6(11(5)8)7(12)2-9/h3-4H,2,9H2,1H3. The van der Waals surface area contributed by atoms with E-state index in [0.717, 1.165) is 10.7 Å². The van der Waals surface area contributed by atoms with Gasteiger partial charge in [0.05, 0.1) is 12.7 Å². The number of fused-ring (bicyclic) bond motifs is 1. The minimum absolute atomic E-state index is 0.0308. The van der Waals surface area contributed by atoms with E-state index < -0.39 is 0 Å². The normalized spacial score (nSPS) is 10.9. The van der Waals surface area contributed by atoms with Crippen LogP contribution in [0.3, 0.4) is 0 Å². The Morgan fingerprint density at radius 1 is 1.77 bits per heavy atom. The summed E-state index contributed by atoms with van der Waals surface area (Å²) in [5, 5.41) is 1.97. The van der Waals surface area contributed by atoms with Gasteiger partial charge in [-0.15, -0.1) is 11.3 Å². The van der Waals surface area contributed by atoms with Crippen LogP contribution in [-0.2, 0) is 0 Å². The Balaban J connectivity index is 2.68. The molecule has 2 N–H and O–H groups in total. The van der Waals surface area contributed by atoms with Crippen LogP contribution < -0.4 is 5.73 Å². The summed E-state index contributed by atoms with van der Waals surface area (Å²) in [7, 11) is 0. The molecule has 5 heteroatoms. The van der Waals surface area contributed by atoms with E-state index in [1.165, 1.54) is 11.3 Å². The number of hydrogen-bond acceptors (Lipinski definition) is 4. The van der Waals surface area contributed by atoms with E-state index in [1.54, 1.807) is 6.20 Å². The van der Waals surface area contributed by atoms with Crippen LogP contribution in [0.5, 0.6) is 0 Å². The second-order valence-electron chi connectivity index (χ2n) is 2.77. The minimum Gasteiger partial charge on any atom is -0.324 e. The van der Waals surface area contributed by atoms with Gasteiger partial charge in [-0.25, -0.2) is 4.98 Å². The van der Waals surface area contributed by atoms with E-state index in [1.807, 2.05) is 16.7 Å². The van der Waals surface area contributed by atoms with E-state index >= 15 is 0 Å². The lowest BCUT2D eigenvalue weighted by molar-refractivity contribution is 0.0995. The van der Waals surface area contributed by atoms with E-state index in [0.29, 0.717) is 5.69 Å². The topological polar surface area (TPSA) is 60.4 Å². The number of carbonyl (C=O) groups is 1. The van der Waals surface area contributed by atoms with Crippen molar-refractivity contribution in [2.75, 3.05) is 6.54 Å². The average molecular weight is 195 g/mol. The zero-order chi connectivity index (χ0) is 9.42. The molecule has 0 amide bonds. The van der Waals surface area contributed by atoms with Crippen molar-refractivity contribution in [1.82, 2.24) is 9.38 Å². The van der Waals surface area contributed by atoms with Crippen LogP contribution in [-0.4, -0.2) is 21.7 Å². The number of nitrogens with zero attached hydrogens (tertiary/aromatic N) is 2. The van der Waals surface area contributed by atoms with Gasteiger partial charge < -0.3 is 5.73 Å². The second kappa shape index (κ2) is 2.93. The fourth-order valence-corrected chi connectivity index (χ4v) is 2.09. The third-order valence-corrected chi connectivity index (χ3v) is 2.85. The lowest BCUT2D eigenvalue weighted by Gasteiger charge is -1.96. The summed E-state index contributed by atoms with van der Waals surface area (Å²) in [6.07, 6.45) is 1.58. The smallest absolute Gasteiger partial charge is 0.194 e. The molecule has 0 radical (unpaired) electrons. The number of thiazole rings is 1. The van der Waals surface area contributed by atoms with Gasteiger partial charge in [0.2, 0.25) is 0 Å². The van der Waals surface area contributed by atoms with Crippen molar-refractivity contribution in [2.24, 2.45) is 5.73 Å². The summed E-state index contributed by atoms with van der Waals surface area (Å²) in [6, 6.07) is 0. The van der Waals surface area contributed by atoms with Crippen molar-refractivity contribution in [1.29, 1.82) is 0 Å². The van der Waals surface area contributed by atoms with E-state index in [9.17, 15) is 4.79 Å². The van der Waals surface area contributed by atoms with Crippen LogP contribution in [0.1, 0.15) is 16.2 Å². The van der Waals surface area contributed by atoms with Crippen LogP contribution >= 0.6 is 11.3 Å². The van der Waals surface area contributed by atoms with Gasteiger partial charge in [-0.1, -0.05) is 0 Å². The molecule has 0 spiro atoms. The first-order chi connectivity index (χ1) is 6.24. The monoisotopic (exact) mass is 195 g/mol. The lowest BCUT2D eigenvalue weighted by Crippen LogP contribution is -2.15. The molecule has 0 atom stereocenters. The molecule has 2 rings (SSSR count). The molecule has 13 heavy (non-hydrogen) atoms. The fraction of sp³-hybridized carbons (Fsp3) is 0.250. The summed E-state index contributed by atoms with van der Waals surface area (Å²) in [6.45, 7) is 1.97. The predicted molar refractivity (Wildman–Crippen MR) is 51.2 cm³/mol. The van der Waals surface area contributed by atoms with Gasteiger partial charge in [0.1, 0.15) is 5.69 Å². The molecular weight excluding hydrogens is 186 g/mol. The van der Waals surface area contributed by atoms with Crippen LogP contribution in [0.4, 0.5) is 0 Å². The number of imidazole rings is 1. The largest absolute Gasteiger partial charge is 0.324 e. The van der Waals surface area contributed by atoms with Crippen molar-refractivity contribution < 1.29 is 4.79 Å². The number of carbonyl (C=O) groups excluding carboxylic acids is 1. The number of hydrogen-bond donors (Lipinski definition) is 1. The molecule has 0 saturated heterocycles. The lowest BCUT2D eigenvalue weighted by atomic mass is 10.3. The summed E-state index contributed by atoms with van der Waals surface area (Å²) in [5.41, 5.74) is 6.89. The molecule has 0 aromatic carbocycles. The molecule has 2 aromatic rings. The first kappa shape index (κ1) is 8.40. The third-order valence-electron chi connectivity index (χ3n) is 1.89. The van der Waals surface area contributed by atoms with E-state index in [2.05, 4.69) is 4.98 Å². The predicted octanol–water partition coefficient (Wildman–Crippen LogP) is 0.846. The number of aromatic nitrogens is 2. The number of rotatable bonds is 2. The van der Waals surface area contributed by atoms with Gasteiger partial charge >= 0.3 is 0 Å².